The predicted molar refractivity (Wildman–Crippen MR) is 72.0 cm³/mol. The minimum atomic E-state index is -0.218. The third-order valence-corrected chi connectivity index (χ3v) is 3.09. The highest BCUT2D eigenvalue weighted by Gasteiger charge is 2.13. The van der Waals surface area contributed by atoms with E-state index >= 15 is 0 Å². The van der Waals surface area contributed by atoms with E-state index in [0.29, 0.717) is 17.0 Å². The van der Waals surface area contributed by atoms with Crippen LogP contribution in [0.1, 0.15) is 32.8 Å². The Balaban J connectivity index is 2.74. The van der Waals surface area contributed by atoms with E-state index in [4.69, 9.17) is 11.6 Å². The Hall–Kier alpha value is -0.600. The zero-order valence-electron chi connectivity index (χ0n) is 10.8. The van der Waals surface area contributed by atoms with Crippen LogP contribution in [0.25, 0.3) is 0 Å². The van der Waals surface area contributed by atoms with Crippen LogP contribution in [0.3, 0.4) is 0 Å². The van der Waals surface area contributed by atoms with Crippen LogP contribution in [0.15, 0.2) is 18.2 Å². The summed E-state index contributed by atoms with van der Waals surface area (Å²) in [6.45, 7) is 7.39. The molecule has 0 spiro atoms. The van der Waals surface area contributed by atoms with Crippen molar-refractivity contribution in [2.45, 2.75) is 39.7 Å². The highest BCUT2D eigenvalue weighted by atomic mass is 35.5. The predicted octanol–water partition coefficient (Wildman–Crippen LogP) is 4.05. The van der Waals surface area contributed by atoms with Crippen molar-refractivity contribution in [2.75, 3.05) is 6.54 Å². The van der Waals surface area contributed by atoms with Gasteiger partial charge >= 0.3 is 0 Å². The lowest BCUT2D eigenvalue weighted by atomic mass is 9.97. The van der Waals surface area contributed by atoms with Gasteiger partial charge in [-0.1, -0.05) is 32.4 Å². The molecule has 1 aromatic carbocycles. The molecule has 0 aliphatic carbocycles. The van der Waals surface area contributed by atoms with Crippen molar-refractivity contribution in [1.29, 1.82) is 0 Å². The molecule has 0 aliphatic rings. The van der Waals surface area contributed by atoms with Crippen molar-refractivity contribution in [3.05, 3.63) is 34.6 Å². The van der Waals surface area contributed by atoms with Gasteiger partial charge in [-0.25, -0.2) is 4.39 Å². The molecule has 0 aliphatic heterocycles. The monoisotopic (exact) mass is 257 g/mol. The summed E-state index contributed by atoms with van der Waals surface area (Å²) in [5.74, 6) is 0.399. The summed E-state index contributed by atoms with van der Waals surface area (Å²) >= 11 is 6.08. The quantitative estimate of drug-likeness (QED) is 0.811. The van der Waals surface area contributed by atoms with Gasteiger partial charge in [0, 0.05) is 11.1 Å². The van der Waals surface area contributed by atoms with Gasteiger partial charge < -0.3 is 5.32 Å². The van der Waals surface area contributed by atoms with Crippen LogP contribution >= 0.6 is 11.6 Å². The van der Waals surface area contributed by atoms with E-state index in [2.05, 4.69) is 26.1 Å². The molecule has 0 saturated heterocycles. The molecule has 96 valence electrons. The van der Waals surface area contributed by atoms with Crippen LogP contribution in [-0.2, 0) is 6.42 Å². The van der Waals surface area contributed by atoms with Gasteiger partial charge in [-0.05, 0) is 49.1 Å². The Morgan fingerprint density at radius 2 is 2.06 bits per heavy atom. The fourth-order valence-corrected chi connectivity index (χ4v) is 2.26. The first kappa shape index (κ1) is 14.5. The zero-order valence-corrected chi connectivity index (χ0v) is 11.5. The maximum atomic E-state index is 13.2. The summed E-state index contributed by atoms with van der Waals surface area (Å²) in [4.78, 5) is 0. The fourth-order valence-electron chi connectivity index (χ4n) is 2.06. The average molecular weight is 258 g/mol. The second-order valence-corrected chi connectivity index (χ2v) is 5.23. The Bertz CT molecular complexity index is 352. The van der Waals surface area contributed by atoms with Gasteiger partial charge in [0.1, 0.15) is 5.82 Å². The molecule has 0 heterocycles. The molecule has 17 heavy (non-hydrogen) atoms. The Kier molecular flexibility index (Phi) is 5.93. The van der Waals surface area contributed by atoms with Crippen LogP contribution in [0.4, 0.5) is 4.39 Å². The molecule has 0 amide bonds. The van der Waals surface area contributed by atoms with Crippen LogP contribution in [0, 0.1) is 11.7 Å². The normalized spacial score (nSPS) is 13.1. The lowest BCUT2D eigenvalue weighted by molar-refractivity contribution is 0.423. The molecule has 0 bridgehead atoms. The second kappa shape index (κ2) is 6.97. The van der Waals surface area contributed by atoms with Gasteiger partial charge in [0.2, 0.25) is 0 Å². The summed E-state index contributed by atoms with van der Waals surface area (Å²) in [6, 6.07) is 4.92. The lowest BCUT2D eigenvalue weighted by Gasteiger charge is -2.20. The average Bonchev–Trinajstić information content (AvgIpc) is 2.23. The number of benzene rings is 1. The van der Waals surface area contributed by atoms with Crippen molar-refractivity contribution in [2.24, 2.45) is 5.92 Å². The standard InChI is InChI=1S/C14H21ClFN/c1-4-17-13(7-10(2)3)9-11-8-12(16)5-6-14(11)15/h5-6,8,10,13,17H,4,7,9H2,1-3H3. The van der Waals surface area contributed by atoms with Crippen LogP contribution in [0.5, 0.6) is 0 Å². The third-order valence-electron chi connectivity index (χ3n) is 2.72. The van der Waals surface area contributed by atoms with E-state index in [1.807, 2.05) is 0 Å². The molecule has 1 aromatic rings. The topological polar surface area (TPSA) is 12.0 Å². The number of likely N-dealkylation sites (N-methyl/N-ethyl adjacent to an activating group) is 1. The highest BCUT2D eigenvalue weighted by molar-refractivity contribution is 6.31. The van der Waals surface area contributed by atoms with Crippen LogP contribution < -0.4 is 5.32 Å². The minimum Gasteiger partial charge on any atom is -0.314 e. The fraction of sp³-hybridized carbons (Fsp3) is 0.571. The molecule has 1 N–H and O–H groups in total. The molecule has 1 atom stereocenters. The first-order valence-corrected chi connectivity index (χ1v) is 6.58. The summed E-state index contributed by atoms with van der Waals surface area (Å²) in [7, 11) is 0. The summed E-state index contributed by atoms with van der Waals surface area (Å²) in [5, 5.41) is 4.08. The van der Waals surface area contributed by atoms with Gasteiger partial charge in [-0.3, -0.25) is 0 Å². The van der Waals surface area contributed by atoms with E-state index in [-0.39, 0.29) is 5.82 Å². The van der Waals surface area contributed by atoms with Gasteiger partial charge in [-0.15, -0.1) is 0 Å². The molecule has 0 saturated carbocycles. The number of nitrogens with one attached hydrogen (secondary N) is 1. The summed E-state index contributed by atoms with van der Waals surface area (Å²) in [6.07, 6.45) is 1.85. The largest absolute Gasteiger partial charge is 0.314 e. The highest BCUT2D eigenvalue weighted by Crippen LogP contribution is 2.20. The SMILES string of the molecule is CCNC(Cc1cc(F)ccc1Cl)CC(C)C. The van der Waals surface area contributed by atoms with Gasteiger partial charge in [0.15, 0.2) is 0 Å². The number of halogens is 2. The van der Waals surface area contributed by atoms with E-state index in [1.165, 1.54) is 12.1 Å². The van der Waals surface area contributed by atoms with Gasteiger partial charge in [0.05, 0.1) is 0 Å². The molecule has 0 aromatic heterocycles. The molecular formula is C14H21ClFN. The van der Waals surface area contributed by atoms with Crippen LogP contribution in [-0.4, -0.2) is 12.6 Å². The molecule has 1 unspecified atom stereocenters. The number of hydrogen-bond acceptors (Lipinski definition) is 1. The van der Waals surface area contributed by atoms with E-state index < -0.39 is 0 Å². The molecule has 3 heteroatoms. The van der Waals surface area contributed by atoms with E-state index in [9.17, 15) is 4.39 Å². The summed E-state index contributed by atoms with van der Waals surface area (Å²) < 4.78 is 13.2. The van der Waals surface area contributed by atoms with Crippen molar-refractivity contribution < 1.29 is 4.39 Å². The first-order chi connectivity index (χ1) is 8.02. The van der Waals surface area contributed by atoms with Crippen molar-refractivity contribution in [1.82, 2.24) is 5.32 Å². The molecule has 1 rings (SSSR count). The van der Waals surface area contributed by atoms with Gasteiger partial charge in [0.25, 0.3) is 0 Å². The van der Waals surface area contributed by atoms with E-state index in [0.717, 1.165) is 24.9 Å². The van der Waals surface area contributed by atoms with Crippen LogP contribution in [0.2, 0.25) is 5.02 Å². The Labute approximate surface area is 108 Å². The lowest BCUT2D eigenvalue weighted by Crippen LogP contribution is -2.32. The van der Waals surface area contributed by atoms with Crippen molar-refractivity contribution in [3.63, 3.8) is 0 Å². The van der Waals surface area contributed by atoms with Crippen molar-refractivity contribution in [3.8, 4) is 0 Å². The Morgan fingerprint density at radius 3 is 2.65 bits per heavy atom. The molecule has 1 nitrogen and oxygen atoms in total. The summed E-state index contributed by atoms with van der Waals surface area (Å²) in [5.41, 5.74) is 0.887. The minimum absolute atomic E-state index is 0.218. The molecule has 0 fully saturated rings. The number of hydrogen-bond donors (Lipinski definition) is 1. The third kappa shape index (κ3) is 5.05. The maximum Gasteiger partial charge on any atom is 0.123 e. The van der Waals surface area contributed by atoms with Crippen molar-refractivity contribution >= 4 is 11.6 Å². The molecule has 0 radical (unpaired) electrons. The number of rotatable bonds is 6. The second-order valence-electron chi connectivity index (χ2n) is 4.82. The zero-order chi connectivity index (χ0) is 12.8. The Morgan fingerprint density at radius 1 is 1.35 bits per heavy atom. The first-order valence-electron chi connectivity index (χ1n) is 6.20. The smallest absolute Gasteiger partial charge is 0.123 e. The van der Waals surface area contributed by atoms with Gasteiger partial charge in [-0.2, -0.15) is 0 Å². The maximum absolute atomic E-state index is 13.2. The molecular weight excluding hydrogens is 237 g/mol. The van der Waals surface area contributed by atoms with E-state index in [1.54, 1.807) is 6.07 Å².